The van der Waals surface area contributed by atoms with Gasteiger partial charge < -0.3 is 14.4 Å². The molecule has 1 N–H and O–H groups in total. The zero-order valence-corrected chi connectivity index (χ0v) is 18.2. The Kier molecular flexibility index (Phi) is 6.65. The van der Waals surface area contributed by atoms with Gasteiger partial charge in [-0.3, -0.25) is 4.98 Å². The van der Waals surface area contributed by atoms with Crippen LogP contribution in [-0.4, -0.2) is 41.3 Å². The third kappa shape index (κ3) is 5.32. The van der Waals surface area contributed by atoms with E-state index in [9.17, 15) is 4.39 Å². The Morgan fingerprint density at radius 1 is 1.06 bits per heavy atom. The molecule has 8 heteroatoms. The molecule has 0 aliphatic carbocycles. The number of hydrogen-bond acceptors (Lipinski definition) is 7. The number of aryl methyl sites for hydroxylation is 2. The van der Waals surface area contributed by atoms with Gasteiger partial charge >= 0.3 is 0 Å². The van der Waals surface area contributed by atoms with Crippen molar-refractivity contribution in [3.63, 3.8) is 0 Å². The second-order valence-electron chi connectivity index (χ2n) is 7.03. The van der Waals surface area contributed by atoms with E-state index in [1.165, 1.54) is 24.1 Å². The van der Waals surface area contributed by atoms with Gasteiger partial charge in [0.25, 0.3) is 0 Å². The molecule has 158 valence electrons. The molecule has 4 rings (SSSR count). The van der Waals surface area contributed by atoms with Gasteiger partial charge in [-0.15, -0.1) is 0 Å². The normalized spacial score (nSPS) is 13.5. The predicted octanol–water partition coefficient (Wildman–Crippen LogP) is 3.98. The van der Waals surface area contributed by atoms with Crippen LogP contribution in [-0.2, 0) is 4.74 Å². The van der Waals surface area contributed by atoms with Gasteiger partial charge in [0.15, 0.2) is 0 Å². The van der Waals surface area contributed by atoms with Gasteiger partial charge in [0, 0.05) is 29.7 Å². The summed E-state index contributed by atoms with van der Waals surface area (Å²) in [5, 5.41) is 0. The highest BCUT2D eigenvalue weighted by Crippen LogP contribution is 2.24. The average Bonchev–Trinajstić information content (AvgIpc) is 2.79. The summed E-state index contributed by atoms with van der Waals surface area (Å²) in [6.07, 6.45) is 3.32. The van der Waals surface area contributed by atoms with Gasteiger partial charge in [-0.1, -0.05) is 17.9 Å². The van der Waals surface area contributed by atoms with Crippen molar-refractivity contribution in [2.75, 3.05) is 35.9 Å². The van der Waals surface area contributed by atoms with Gasteiger partial charge in [0.1, 0.15) is 18.0 Å². The third-order valence-corrected chi connectivity index (χ3v) is 5.63. The first-order valence-corrected chi connectivity index (χ1v) is 10.7. The average molecular weight is 436 g/mol. The first-order valence-electron chi connectivity index (χ1n) is 9.91. The smallest absolute Gasteiger partial charge is 0.148 e. The monoisotopic (exact) mass is 435 g/mol. The quantitative estimate of drug-likeness (QED) is 0.491. The maximum Gasteiger partial charge on any atom is 0.148 e. The molecule has 0 spiro atoms. The number of pyridine rings is 1. The van der Waals surface area contributed by atoms with Crippen molar-refractivity contribution in [3.8, 4) is 11.8 Å². The Morgan fingerprint density at radius 3 is 2.71 bits per heavy atom. The molecule has 6 nitrogen and oxygen atoms in total. The third-order valence-electron chi connectivity index (χ3n) is 4.82. The summed E-state index contributed by atoms with van der Waals surface area (Å²) >= 11 is 1.33. The molecule has 0 saturated carbocycles. The van der Waals surface area contributed by atoms with Gasteiger partial charge in [-0.25, -0.2) is 14.4 Å². The Balaban J connectivity index is 1.57. The van der Waals surface area contributed by atoms with Gasteiger partial charge in [0.05, 0.1) is 35.9 Å². The maximum atomic E-state index is 13.4. The zero-order chi connectivity index (χ0) is 21.6. The van der Waals surface area contributed by atoms with Crippen LogP contribution in [0.3, 0.4) is 0 Å². The molecule has 3 aromatic rings. The summed E-state index contributed by atoms with van der Waals surface area (Å²) < 4.78 is 22.1. The maximum absolute atomic E-state index is 13.4. The Hall–Kier alpha value is -3.15. The highest BCUT2D eigenvalue weighted by Gasteiger charge is 2.17. The molecule has 2 aromatic heterocycles. The predicted molar refractivity (Wildman–Crippen MR) is 121 cm³/mol. The van der Waals surface area contributed by atoms with E-state index < -0.39 is 0 Å². The summed E-state index contributed by atoms with van der Waals surface area (Å²) in [5.74, 6) is 7.01. The SMILES string of the molecule is Cc1ncc(C#Cc2c(C)ncnc2N2CCOCC2)cc1NSc1cccc(F)c1. The number of rotatable bonds is 4. The molecule has 1 aliphatic heterocycles. The molecule has 1 aromatic carbocycles. The van der Waals surface area contributed by atoms with E-state index in [2.05, 4.69) is 36.4 Å². The summed E-state index contributed by atoms with van der Waals surface area (Å²) in [6.45, 7) is 6.76. The van der Waals surface area contributed by atoms with Crippen molar-refractivity contribution >= 4 is 23.5 Å². The standard InChI is InChI=1S/C23H22FN5OS/c1-16-21(23(27-15-26-16)29-8-10-30-11-9-29)7-6-18-12-22(17(2)25-14-18)28-31-20-5-3-4-19(24)13-20/h3-5,12-15,28H,8-11H2,1-2H3. The van der Waals surface area contributed by atoms with Crippen molar-refractivity contribution < 1.29 is 9.13 Å². The highest BCUT2D eigenvalue weighted by molar-refractivity contribution is 8.00. The summed E-state index contributed by atoms with van der Waals surface area (Å²) in [7, 11) is 0. The zero-order valence-electron chi connectivity index (χ0n) is 17.4. The van der Waals surface area contributed by atoms with Crippen LogP contribution in [0.5, 0.6) is 0 Å². The number of aromatic nitrogens is 3. The minimum absolute atomic E-state index is 0.266. The Labute approximate surface area is 185 Å². The van der Waals surface area contributed by atoms with Crippen LogP contribution >= 0.6 is 11.9 Å². The second kappa shape index (κ2) is 9.77. The van der Waals surface area contributed by atoms with Crippen molar-refractivity contribution in [2.45, 2.75) is 18.7 Å². The molecule has 0 radical (unpaired) electrons. The van der Waals surface area contributed by atoms with Crippen LogP contribution in [0.2, 0.25) is 0 Å². The van der Waals surface area contributed by atoms with Crippen molar-refractivity contribution in [1.82, 2.24) is 15.0 Å². The lowest BCUT2D eigenvalue weighted by atomic mass is 10.1. The largest absolute Gasteiger partial charge is 0.378 e. The number of morpholine rings is 1. The molecule has 3 heterocycles. The second-order valence-corrected chi connectivity index (χ2v) is 7.91. The molecule has 0 bridgehead atoms. The molecular formula is C23H22FN5OS. The van der Waals surface area contributed by atoms with Gasteiger partial charge in [-0.05, 0) is 50.1 Å². The van der Waals surface area contributed by atoms with Crippen LogP contribution in [0.25, 0.3) is 0 Å². The number of benzene rings is 1. The van der Waals surface area contributed by atoms with Crippen LogP contribution < -0.4 is 9.62 Å². The van der Waals surface area contributed by atoms with Crippen LogP contribution in [0.1, 0.15) is 22.5 Å². The Morgan fingerprint density at radius 2 is 1.90 bits per heavy atom. The number of hydrogen-bond donors (Lipinski definition) is 1. The number of halogens is 1. The summed E-state index contributed by atoms with van der Waals surface area (Å²) in [5.41, 5.74) is 4.08. The lowest BCUT2D eigenvalue weighted by molar-refractivity contribution is 0.122. The minimum Gasteiger partial charge on any atom is -0.378 e. The summed E-state index contributed by atoms with van der Waals surface area (Å²) in [6, 6.07) is 8.37. The fourth-order valence-electron chi connectivity index (χ4n) is 3.11. The number of ether oxygens (including phenoxy) is 1. The van der Waals surface area contributed by atoms with E-state index in [1.54, 1.807) is 18.6 Å². The molecule has 31 heavy (non-hydrogen) atoms. The van der Waals surface area contributed by atoms with E-state index in [4.69, 9.17) is 4.74 Å². The molecule has 0 atom stereocenters. The van der Waals surface area contributed by atoms with Crippen LogP contribution in [0, 0.1) is 31.5 Å². The molecule has 1 fully saturated rings. The topological polar surface area (TPSA) is 63.2 Å². The van der Waals surface area contributed by atoms with Crippen LogP contribution in [0.4, 0.5) is 15.9 Å². The molecular weight excluding hydrogens is 413 g/mol. The highest BCUT2D eigenvalue weighted by atomic mass is 32.2. The Bertz CT molecular complexity index is 1140. The number of nitrogens with one attached hydrogen (secondary N) is 1. The van der Waals surface area contributed by atoms with Crippen molar-refractivity contribution in [1.29, 1.82) is 0 Å². The van der Waals surface area contributed by atoms with Gasteiger partial charge in [-0.2, -0.15) is 0 Å². The first kappa shape index (κ1) is 21.1. The summed E-state index contributed by atoms with van der Waals surface area (Å²) in [4.78, 5) is 16.2. The minimum atomic E-state index is -0.266. The molecule has 0 unspecified atom stereocenters. The first-order chi connectivity index (χ1) is 15.1. The molecule has 0 amide bonds. The fourth-order valence-corrected chi connectivity index (χ4v) is 3.86. The van der Waals surface area contributed by atoms with E-state index in [-0.39, 0.29) is 5.82 Å². The number of anilines is 2. The van der Waals surface area contributed by atoms with Crippen molar-refractivity contribution in [3.05, 3.63) is 71.2 Å². The van der Waals surface area contributed by atoms with Gasteiger partial charge in [0.2, 0.25) is 0 Å². The lowest BCUT2D eigenvalue weighted by Crippen LogP contribution is -2.37. The van der Waals surface area contributed by atoms with E-state index in [1.807, 2.05) is 26.0 Å². The van der Waals surface area contributed by atoms with E-state index in [0.717, 1.165) is 52.0 Å². The number of nitrogens with zero attached hydrogens (tertiary/aromatic N) is 4. The van der Waals surface area contributed by atoms with E-state index >= 15 is 0 Å². The van der Waals surface area contributed by atoms with Crippen LogP contribution in [0.15, 0.2) is 47.8 Å². The fraction of sp³-hybridized carbons (Fsp3) is 0.261. The molecule has 1 saturated heterocycles. The molecule has 1 aliphatic rings. The lowest BCUT2D eigenvalue weighted by Gasteiger charge is -2.28. The van der Waals surface area contributed by atoms with Crippen molar-refractivity contribution in [2.24, 2.45) is 0 Å². The van der Waals surface area contributed by atoms with E-state index in [0.29, 0.717) is 13.2 Å².